The highest BCUT2D eigenvalue weighted by molar-refractivity contribution is 5.29. The van der Waals surface area contributed by atoms with E-state index in [0.29, 0.717) is 24.0 Å². The smallest absolute Gasteiger partial charge is 0.119 e. The fourth-order valence-corrected chi connectivity index (χ4v) is 3.15. The number of hydrogen-bond acceptors (Lipinski definition) is 3. The average molecular weight is 319 g/mol. The van der Waals surface area contributed by atoms with Gasteiger partial charge in [-0.25, -0.2) is 0 Å². The maximum absolute atomic E-state index is 5.76. The molecule has 1 heterocycles. The molecule has 3 heteroatoms. The predicted molar refractivity (Wildman–Crippen MR) is 98.1 cm³/mol. The molecule has 2 rings (SSSR count). The predicted octanol–water partition coefficient (Wildman–Crippen LogP) is 4.24. The molecule has 0 saturated carbocycles. The maximum Gasteiger partial charge on any atom is 0.119 e. The maximum atomic E-state index is 5.76. The minimum atomic E-state index is 0.393. The Balaban J connectivity index is 1.80. The largest absolute Gasteiger partial charge is 0.493 e. The molecule has 1 aliphatic rings. The van der Waals surface area contributed by atoms with Crippen LogP contribution in [-0.2, 0) is 0 Å². The van der Waals surface area contributed by atoms with Crippen LogP contribution in [0.25, 0.3) is 0 Å². The minimum Gasteiger partial charge on any atom is -0.493 e. The summed E-state index contributed by atoms with van der Waals surface area (Å²) >= 11 is 0. The molecule has 1 unspecified atom stereocenters. The fourth-order valence-electron chi connectivity index (χ4n) is 3.15. The van der Waals surface area contributed by atoms with Crippen molar-refractivity contribution in [1.29, 1.82) is 0 Å². The number of nitrogens with one attached hydrogen (secondary N) is 1. The highest BCUT2D eigenvalue weighted by Gasteiger charge is 2.22. The SMILES string of the molecule is CC(C)COc1ccc(C(C)NC2CCN(C(C)C)CC2)cc1. The Labute approximate surface area is 142 Å². The molecule has 3 nitrogen and oxygen atoms in total. The Hall–Kier alpha value is -1.06. The molecule has 0 aromatic heterocycles. The van der Waals surface area contributed by atoms with Gasteiger partial charge in [-0.1, -0.05) is 26.0 Å². The molecule has 0 bridgehead atoms. The lowest BCUT2D eigenvalue weighted by molar-refractivity contribution is 0.157. The fraction of sp³-hybridized carbons (Fsp3) is 0.700. The summed E-state index contributed by atoms with van der Waals surface area (Å²) in [5.74, 6) is 1.53. The summed E-state index contributed by atoms with van der Waals surface area (Å²) in [5.41, 5.74) is 1.34. The van der Waals surface area contributed by atoms with E-state index in [-0.39, 0.29) is 0 Å². The second-order valence-corrected chi connectivity index (χ2v) is 7.57. The third kappa shape index (κ3) is 5.82. The zero-order valence-corrected chi connectivity index (χ0v) is 15.5. The number of nitrogens with zero attached hydrogens (tertiary/aromatic N) is 1. The van der Waals surface area contributed by atoms with E-state index in [2.05, 4.69) is 69.1 Å². The zero-order valence-electron chi connectivity index (χ0n) is 15.5. The number of ether oxygens (including phenoxy) is 1. The van der Waals surface area contributed by atoms with Crippen LogP contribution in [0.2, 0.25) is 0 Å². The third-order valence-corrected chi connectivity index (χ3v) is 4.71. The van der Waals surface area contributed by atoms with E-state index in [9.17, 15) is 0 Å². The molecule has 0 radical (unpaired) electrons. The van der Waals surface area contributed by atoms with E-state index in [4.69, 9.17) is 4.74 Å². The van der Waals surface area contributed by atoms with Gasteiger partial charge in [0.2, 0.25) is 0 Å². The molecule has 0 spiro atoms. The topological polar surface area (TPSA) is 24.5 Å². The Morgan fingerprint density at radius 1 is 1.04 bits per heavy atom. The van der Waals surface area contributed by atoms with Gasteiger partial charge in [-0.3, -0.25) is 0 Å². The van der Waals surface area contributed by atoms with Crippen LogP contribution in [0.4, 0.5) is 0 Å². The van der Waals surface area contributed by atoms with Crippen molar-refractivity contribution in [3.63, 3.8) is 0 Å². The molecule has 0 amide bonds. The van der Waals surface area contributed by atoms with Gasteiger partial charge in [0.25, 0.3) is 0 Å². The molecule has 1 aromatic rings. The van der Waals surface area contributed by atoms with Gasteiger partial charge in [-0.05, 0) is 70.3 Å². The van der Waals surface area contributed by atoms with Crippen molar-refractivity contribution in [3.05, 3.63) is 29.8 Å². The number of piperidine rings is 1. The van der Waals surface area contributed by atoms with Crippen LogP contribution < -0.4 is 10.1 Å². The number of likely N-dealkylation sites (tertiary alicyclic amines) is 1. The van der Waals surface area contributed by atoms with Crippen molar-refractivity contribution in [2.45, 2.75) is 65.6 Å². The van der Waals surface area contributed by atoms with Crippen molar-refractivity contribution in [3.8, 4) is 5.75 Å². The number of hydrogen-bond donors (Lipinski definition) is 1. The molecule has 1 aromatic carbocycles. The highest BCUT2D eigenvalue weighted by atomic mass is 16.5. The lowest BCUT2D eigenvalue weighted by Crippen LogP contribution is -2.45. The molecule has 1 atom stereocenters. The standard InChI is InChI=1S/C20H34N2O/c1-15(2)14-23-20-8-6-18(7-9-20)17(5)21-19-10-12-22(13-11-19)16(3)4/h6-9,15-17,19,21H,10-14H2,1-5H3. The quantitative estimate of drug-likeness (QED) is 0.813. The molecule has 1 N–H and O–H groups in total. The summed E-state index contributed by atoms with van der Waals surface area (Å²) in [6, 6.07) is 10.3. The number of benzene rings is 1. The molecule has 1 aliphatic heterocycles. The van der Waals surface area contributed by atoms with E-state index in [1.807, 2.05) is 0 Å². The van der Waals surface area contributed by atoms with Gasteiger partial charge in [-0.2, -0.15) is 0 Å². The summed E-state index contributed by atoms with van der Waals surface area (Å²) in [6.45, 7) is 14.4. The van der Waals surface area contributed by atoms with Gasteiger partial charge in [0, 0.05) is 18.1 Å². The Kier molecular flexibility index (Phi) is 6.91. The van der Waals surface area contributed by atoms with Crippen LogP contribution >= 0.6 is 0 Å². The van der Waals surface area contributed by atoms with E-state index < -0.39 is 0 Å². The average Bonchev–Trinajstić information content (AvgIpc) is 2.54. The molecule has 23 heavy (non-hydrogen) atoms. The van der Waals surface area contributed by atoms with Crippen molar-refractivity contribution in [2.75, 3.05) is 19.7 Å². The first kappa shape index (κ1) is 18.3. The highest BCUT2D eigenvalue weighted by Crippen LogP contribution is 2.21. The Morgan fingerprint density at radius 3 is 2.17 bits per heavy atom. The summed E-state index contributed by atoms with van der Waals surface area (Å²) in [7, 11) is 0. The normalized spacial score (nSPS) is 18.6. The van der Waals surface area contributed by atoms with Crippen LogP contribution in [0.15, 0.2) is 24.3 Å². The van der Waals surface area contributed by atoms with E-state index >= 15 is 0 Å². The van der Waals surface area contributed by atoms with Crippen LogP contribution in [0, 0.1) is 5.92 Å². The third-order valence-electron chi connectivity index (χ3n) is 4.71. The minimum absolute atomic E-state index is 0.393. The lowest BCUT2D eigenvalue weighted by atomic mass is 10.0. The summed E-state index contributed by atoms with van der Waals surface area (Å²) in [4.78, 5) is 2.57. The van der Waals surface area contributed by atoms with Crippen LogP contribution in [0.1, 0.15) is 59.1 Å². The van der Waals surface area contributed by atoms with Gasteiger partial charge in [0.05, 0.1) is 6.61 Å². The van der Waals surface area contributed by atoms with Crippen molar-refractivity contribution < 1.29 is 4.74 Å². The van der Waals surface area contributed by atoms with E-state index in [1.54, 1.807) is 0 Å². The van der Waals surface area contributed by atoms with Gasteiger partial charge >= 0.3 is 0 Å². The molecule has 1 saturated heterocycles. The van der Waals surface area contributed by atoms with Crippen LogP contribution in [-0.4, -0.2) is 36.7 Å². The Bertz CT molecular complexity index is 447. The zero-order chi connectivity index (χ0) is 16.8. The second kappa shape index (κ2) is 8.70. The van der Waals surface area contributed by atoms with Crippen molar-refractivity contribution in [1.82, 2.24) is 10.2 Å². The second-order valence-electron chi connectivity index (χ2n) is 7.57. The summed E-state index contributed by atoms with van der Waals surface area (Å²) in [5, 5.41) is 3.80. The van der Waals surface area contributed by atoms with Crippen molar-refractivity contribution in [2.24, 2.45) is 5.92 Å². The van der Waals surface area contributed by atoms with Crippen LogP contribution in [0.3, 0.4) is 0 Å². The molecule has 130 valence electrons. The van der Waals surface area contributed by atoms with Gasteiger partial charge in [-0.15, -0.1) is 0 Å². The van der Waals surface area contributed by atoms with Gasteiger partial charge in [0.15, 0.2) is 0 Å². The molecule has 1 fully saturated rings. The monoisotopic (exact) mass is 318 g/mol. The molecular weight excluding hydrogens is 284 g/mol. The van der Waals surface area contributed by atoms with Crippen LogP contribution in [0.5, 0.6) is 5.75 Å². The first-order valence-electron chi connectivity index (χ1n) is 9.18. The lowest BCUT2D eigenvalue weighted by Gasteiger charge is -2.36. The Morgan fingerprint density at radius 2 is 1.65 bits per heavy atom. The molecule has 0 aliphatic carbocycles. The first-order chi connectivity index (χ1) is 11.0. The van der Waals surface area contributed by atoms with E-state index in [0.717, 1.165) is 12.4 Å². The summed E-state index contributed by atoms with van der Waals surface area (Å²) in [6.07, 6.45) is 2.50. The molecular formula is C20H34N2O. The van der Waals surface area contributed by atoms with Gasteiger partial charge < -0.3 is 15.0 Å². The summed E-state index contributed by atoms with van der Waals surface area (Å²) < 4.78 is 5.76. The van der Waals surface area contributed by atoms with Crippen molar-refractivity contribution >= 4 is 0 Å². The van der Waals surface area contributed by atoms with Gasteiger partial charge in [0.1, 0.15) is 5.75 Å². The first-order valence-corrected chi connectivity index (χ1v) is 9.18. The van der Waals surface area contributed by atoms with E-state index in [1.165, 1.54) is 31.5 Å². The number of rotatable bonds is 7.